The number of nitriles is 1. The Balaban J connectivity index is 2.50. The number of nitrogens with zero attached hydrogens (tertiary/aromatic N) is 1. The Kier molecular flexibility index (Phi) is 4.15. The molecule has 1 atom stereocenters. The molecule has 0 bridgehead atoms. The van der Waals surface area contributed by atoms with Crippen LogP contribution in [0.5, 0.6) is 11.5 Å². The molecular formula is C17H17NO3. The smallest absolute Gasteiger partial charge is 0.161 e. The van der Waals surface area contributed by atoms with Gasteiger partial charge < -0.3 is 14.6 Å². The monoisotopic (exact) mass is 283 g/mol. The Labute approximate surface area is 124 Å². The zero-order valence-electron chi connectivity index (χ0n) is 12.3. The summed E-state index contributed by atoms with van der Waals surface area (Å²) in [5.74, 6) is 1.15. The summed E-state index contributed by atoms with van der Waals surface area (Å²) in [7, 11) is 3.11. The highest BCUT2D eigenvalue weighted by Gasteiger charge is 2.27. The van der Waals surface area contributed by atoms with Crippen LogP contribution in [0.15, 0.2) is 42.5 Å². The second kappa shape index (κ2) is 5.86. The summed E-state index contributed by atoms with van der Waals surface area (Å²) in [6.45, 7) is 1.69. The maximum atomic E-state index is 10.9. The first kappa shape index (κ1) is 14.9. The number of rotatable bonds is 4. The van der Waals surface area contributed by atoms with Gasteiger partial charge in [0.05, 0.1) is 25.9 Å². The maximum absolute atomic E-state index is 10.9. The lowest BCUT2D eigenvalue weighted by atomic mass is 9.87. The molecule has 108 valence electrons. The summed E-state index contributed by atoms with van der Waals surface area (Å²) in [4.78, 5) is 0. The highest BCUT2D eigenvalue weighted by atomic mass is 16.5. The summed E-state index contributed by atoms with van der Waals surface area (Å²) in [5, 5.41) is 19.8. The first-order chi connectivity index (χ1) is 10.0. The molecule has 0 saturated heterocycles. The Morgan fingerprint density at radius 1 is 1.00 bits per heavy atom. The first-order valence-corrected chi connectivity index (χ1v) is 6.48. The largest absolute Gasteiger partial charge is 0.493 e. The second-order valence-electron chi connectivity index (χ2n) is 4.83. The van der Waals surface area contributed by atoms with Crippen LogP contribution in [0.3, 0.4) is 0 Å². The van der Waals surface area contributed by atoms with E-state index >= 15 is 0 Å². The van der Waals surface area contributed by atoms with Gasteiger partial charge in [0.15, 0.2) is 11.5 Å². The zero-order chi connectivity index (χ0) is 15.5. The average molecular weight is 283 g/mol. The molecule has 0 spiro atoms. The Hall–Kier alpha value is -2.51. The Morgan fingerprint density at radius 3 is 2.29 bits per heavy atom. The van der Waals surface area contributed by atoms with Crippen molar-refractivity contribution in [3.8, 4) is 17.6 Å². The van der Waals surface area contributed by atoms with Gasteiger partial charge in [-0.1, -0.05) is 18.2 Å². The van der Waals surface area contributed by atoms with E-state index in [1.54, 1.807) is 63.6 Å². The fourth-order valence-electron chi connectivity index (χ4n) is 2.20. The summed E-state index contributed by atoms with van der Waals surface area (Å²) in [6.07, 6.45) is 0. The highest BCUT2D eigenvalue weighted by Crippen LogP contribution is 2.35. The molecule has 0 aliphatic heterocycles. The minimum atomic E-state index is -1.23. The molecule has 0 heterocycles. The van der Waals surface area contributed by atoms with Gasteiger partial charge in [-0.05, 0) is 42.3 Å². The third-order valence-electron chi connectivity index (χ3n) is 3.50. The third-order valence-corrected chi connectivity index (χ3v) is 3.50. The minimum absolute atomic E-state index is 0.508. The van der Waals surface area contributed by atoms with Crippen LogP contribution in [-0.2, 0) is 5.60 Å². The van der Waals surface area contributed by atoms with Crippen molar-refractivity contribution in [3.05, 3.63) is 59.2 Å². The molecule has 0 aromatic heterocycles. The first-order valence-electron chi connectivity index (χ1n) is 6.48. The van der Waals surface area contributed by atoms with E-state index in [-0.39, 0.29) is 0 Å². The molecule has 0 saturated carbocycles. The third kappa shape index (κ3) is 2.83. The van der Waals surface area contributed by atoms with Crippen molar-refractivity contribution >= 4 is 0 Å². The number of hydrogen-bond acceptors (Lipinski definition) is 4. The van der Waals surface area contributed by atoms with Crippen molar-refractivity contribution in [3.63, 3.8) is 0 Å². The zero-order valence-corrected chi connectivity index (χ0v) is 12.3. The van der Waals surface area contributed by atoms with Crippen molar-refractivity contribution in [2.75, 3.05) is 14.2 Å². The maximum Gasteiger partial charge on any atom is 0.161 e. The quantitative estimate of drug-likeness (QED) is 0.937. The molecule has 0 fully saturated rings. The summed E-state index contributed by atoms with van der Waals surface area (Å²) in [6, 6.07) is 14.3. The Morgan fingerprint density at radius 2 is 1.67 bits per heavy atom. The normalized spacial score (nSPS) is 13.1. The lowest BCUT2D eigenvalue weighted by molar-refractivity contribution is 0.102. The van der Waals surface area contributed by atoms with Crippen LogP contribution in [0, 0.1) is 11.3 Å². The van der Waals surface area contributed by atoms with Gasteiger partial charge in [0, 0.05) is 0 Å². The van der Waals surface area contributed by atoms with Gasteiger partial charge in [0.2, 0.25) is 0 Å². The average Bonchev–Trinajstić information content (AvgIpc) is 2.54. The molecule has 0 aliphatic rings. The molecule has 1 unspecified atom stereocenters. The van der Waals surface area contributed by atoms with Gasteiger partial charge in [-0.3, -0.25) is 0 Å². The fourth-order valence-corrected chi connectivity index (χ4v) is 2.20. The number of hydrogen-bond donors (Lipinski definition) is 1. The van der Waals surface area contributed by atoms with Crippen LogP contribution >= 0.6 is 0 Å². The molecule has 0 aliphatic carbocycles. The second-order valence-corrected chi connectivity index (χ2v) is 4.83. The number of aliphatic hydroxyl groups is 1. The highest BCUT2D eigenvalue weighted by molar-refractivity contribution is 5.48. The number of ether oxygens (including phenoxy) is 2. The van der Waals surface area contributed by atoms with E-state index in [9.17, 15) is 5.11 Å². The molecule has 2 rings (SSSR count). The van der Waals surface area contributed by atoms with Crippen LogP contribution in [0.4, 0.5) is 0 Å². The molecule has 2 aromatic carbocycles. The van der Waals surface area contributed by atoms with Gasteiger partial charge in [0.1, 0.15) is 5.60 Å². The van der Waals surface area contributed by atoms with Gasteiger partial charge in [-0.15, -0.1) is 0 Å². The van der Waals surface area contributed by atoms with E-state index in [0.29, 0.717) is 28.2 Å². The van der Waals surface area contributed by atoms with Crippen LogP contribution in [0.2, 0.25) is 0 Å². The molecule has 21 heavy (non-hydrogen) atoms. The van der Waals surface area contributed by atoms with E-state index in [4.69, 9.17) is 14.7 Å². The van der Waals surface area contributed by atoms with Gasteiger partial charge in [-0.2, -0.15) is 5.26 Å². The van der Waals surface area contributed by atoms with Crippen LogP contribution < -0.4 is 9.47 Å². The van der Waals surface area contributed by atoms with E-state index < -0.39 is 5.60 Å². The van der Waals surface area contributed by atoms with Crippen molar-refractivity contribution < 1.29 is 14.6 Å². The molecule has 4 nitrogen and oxygen atoms in total. The summed E-state index contributed by atoms with van der Waals surface area (Å²) in [5.41, 5.74) is 0.587. The van der Waals surface area contributed by atoms with Crippen LogP contribution in [0.1, 0.15) is 23.6 Å². The number of benzene rings is 2. The molecule has 2 aromatic rings. The SMILES string of the molecule is COc1ccc(C(C)(O)c2cccc(C#N)c2)cc1OC. The molecule has 0 radical (unpaired) electrons. The van der Waals surface area contributed by atoms with Crippen molar-refractivity contribution in [1.82, 2.24) is 0 Å². The van der Waals surface area contributed by atoms with E-state index in [0.717, 1.165) is 0 Å². The van der Waals surface area contributed by atoms with Crippen molar-refractivity contribution in [1.29, 1.82) is 5.26 Å². The van der Waals surface area contributed by atoms with E-state index in [1.807, 2.05) is 0 Å². The molecule has 4 heteroatoms. The molecular weight excluding hydrogens is 266 g/mol. The van der Waals surface area contributed by atoms with Crippen molar-refractivity contribution in [2.24, 2.45) is 0 Å². The lowest BCUT2D eigenvalue weighted by Gasteiger charge is -2.25. The minimum Gasteiger partial charge on any atom is -0.493 e. The standard InChI is InChI=1S/C17H17NO3/c1-17(19,13-6-4-5-12(9-13)11-18)14-7-8-15(20-2)16(10-14)21-3/h4-10,19H,1-3H3. The van der Waals surface area contributed by atoms with Crippen molar-refractivity contribution in [2.45, 2.75) is 12.5 Å². The van der Waals surface area contributed by atoms with Gasteiger partial charge >= 0.3 is 0 Å². The topological polar surface area (TPSA) is 62.5 Å². The summed E-state index contributed by atoms with van der Waals surface area (Å²) >= 11 is 0. The predicted octanol–water partition coefficient (Wildman–Crippen LogP) is 2.83. The van der Waals surface area contributed by atoms with Gasteiger partial charge in [0.25, 0.3) is 0 Å². The fraction of sp³-hybridized carbons (Fsp3) is 0.235. The Bertz CT molecular complexity index is 687. The molecule has 0 amide bonds. The molecule has 1 N–H and O–H groups in total. The van der Waals surface area contributed by atoms with E-state index in [1.165, 1.54) is 0 Å². The van der Waals surface area contributed by atoms with E-state index in [2.05, 4.69) is 6.07 Å². The summed E-state index contributed by atoms with van der Waals surface area (Å²) < 4.78 is 10.5. The van der Waals surface area contributed by atoms with Crippen LogP contribution in [0.25, 0.3) is 0 Å². The van der Waals surface area contributed by atoms with Crippen LogP contribution in [-0.4, -0.2) is 19.3 Å². The predicted molar refractivity (Wildman–Crippen MR) is 79.4 cm³/mol. The lowest BCUT2D eigenvalue weighted by Crippen LogP contribution is -2.23. The number of methoxy groups -OCH3 is 2. The van der Waals surface area contributed by atoms with Gasteiger partial charge in [-0.25, -0.2) is 0 Å².